The molecule has 3 atom stereocenters. The fraction of sp³-hybridized carbons (Fsp3) is 0.765. The SMILES string of the molecule is COC(=O)[C@@]12CCC(C)=CC(=O)[C@]1(O[Si](C)(C)C)CC[C@H]2C. The van der Waals surface area contributed by atoms with Gasteiger partial charge in [0.1, 0.15) is 11.0 Å². The maximum Gasteiger partial charge on any atom is 0.315 e. The molecule has 0 aromatic carbocycles. The molecule has 22 heavy (non-hydrogen) atoms. The van der Waals surface area contributed by atoms with Crippen LogP contribution in [-0.4, -0.2) is 32.8 Å². The van der Waals surface area contributed by atoms with Crippen molar-refractivity contribution in [2.45, 2.75) is 64.8 Å². The molecule has 5 heteroatoms. The Morgan fingerprint density at radius 2 is 1.95 bits per heavy atom. The lowest BCUT2D eigenvalue weighted by Gasteiger charge is -2.46. The first-order valence-corrected chi connectivity index (χ1v) is 11.5. The van der Waals surface area contributed by atoms with Gasteiger partial charge in [0.15, 0.2) is 14.1 Å². The second-order valence-electron chi connectivity index (χ2n) is 7.80. The van der Waals surface area contributed by atoms with Gasteiger partial charge in [-0.15, -0.1) is 0 Å². The lowest BCUT2D eigenvalue weighted by Crippen LogP contribution is -2.61. The van der Waals surface area contributed by atoms with Crippen molar-refractivity contribution in [3.05, 3.63) is 11.6 Å². The highest BCUT2D eigenvalue weighted by Gasteiger charge is 2.68. The Morgan fingerprint density at radius 3 is 2.50 bits per heavy atom. The number of carbonyl (C=O) groups excluding carboxylic acids is 2. The summed E-state index contributed by atoms with van der Waals surface area (Å²) in [5, 5.41) is 0. The fourth-order valence-corrected chi connectivity index (χ4v) is 5.68. The highest BCUT2D eigenvalue weighted by molar-refractivity contribution is 6.70. The summed E-state index contributed by atoms with van der Waals surface area (Å²) >= 11 is 0. The number of rotatable bonds is 3. The Kier molecular flexibility index (Phi) is 4.43. The van der Waals surface area contributed by atoms with Crippen LogP contribution >= 0.6 is 0 Å². The first-order valence-electron chi connectivity index (χ1n) is 8.09. The van der Waals surface area contributed by atoms with E-state index in [-0.39, 0.29) is 17.7 Å². The molecule has 0 aromatic heterocycles. The molecule has 0 aliphatic heterocycles. The highest BCUT2D eigenvalue weighted by atomic mass is 28.4. The maximum atomic E-state index is 13.1. The third-order valence-corrected chi connectivity index (χ3v) is 6.17. The standard InChI is InChI=1S/C17H28O4Si/c1-12-7-9-16(15(19)20-3)13(2)8-10-17(16,14(18)11-12)21-22(4,5)6/h11,13H,7-10H2,1-6H3/t13-,16+,17-/m1/s1. The van der Waals surface area contributed by atoms with E-state index in [4.69, 9.17) is 9.16 Å². The third kappa shape index (κ3) is 2.48. The summed E-state index contributed by atoms with van der Waals surface area (Å²) in [5.74, 6) is -0.244. The molecule has 2 rings (SSSR count). The predicted molar refractivity (Wildman–Crippen MR) is 88.0 cm³/mol. The first kappa shape index (κ1) is 17.4. The summed E-state index contributed by atoms with van der Waals surface area (Å²) in [5.41, 5.74) is -0.872. The summed E-state index contributed by atoms with van der Waals surface area (Å²) in [6.07, 6.45) is 4.48. The molecule has 2 aliphatic carbocycles. The molecule has 124 valence electrons. The van der Waals surface area contributed by atoms with Crippen LogP contribution in [-0.2, 0) is 18.8 Å². The number of carbonyl (C=O) groups is 2. The van der Waals surface area contributed by atoms with Crippen molar-refractivity contribution in [2.24, 2.45) is 11.3 Å². The normalized spacial score (nSPS) is 35.6. The minimum Gasteiger partial charge on any atom is -0.468 e. The minimum atomic E-state index is -2.02. The van der Waals surface area contributed by atoms with E-state index in [1.165, 1.54) is 7.11 Å². The maximum absolute atomic E-state index is 13.1. The van der Waals surface area contributed by atoms with Crippen LogP contribution in [0.2, 0.25) is 19.6 Å². The highest BCUT2D eigenvalue weighted by Crippen LogP contribution is 2.58. The molecule has 0 unspecified atom stereocenters. The van der Waals surface area contributed by atoms with Crippen LogP contribution in [0.25, 0.3) is 0 Å². The quantitative estimate of drug-likeness (QED) is 0.589. The summed E-state index contributed by atoms with van der Waals surface area (Å²) in [6, 6.07) is 0. The number of hydrogen-bond acceptors (Lipinski definition) is 4. The molecule has 0 bridgehead atoms. The third-order valence-electron chi connectivity index (χ3n) is 5.21. The van der Waals surface area contributed by atoms with E-state index >= 15 is 0 Å². The van der Waals surface area contributed by atoms with Crippen molar-refractivity contribution in [2.75, 3.05) is 7.11 Å². The topological polar surface area (TPSA) is 52.6 Å². The van der Waals surface area contributed by atoms with Crippen LogP contribution in [0.4, 0.5) is 0 Å². The van der Waals surface area contributed by atoms with Gasteiger partial charge in [0.25, 0.3) is 0 Å². The predicted octanol–water partition coefficient (Wildman–Crippen LogP) is 3.48. The van der Waals surface area contributed by atoms with Crippen LogP contribution in [0.1, 0.15) is 39.5 Å². The number of hydrogen-bond donors (Lipinski definition) is 0. The molecule has 0 N–H and O–H groups in total. The van der Waals surface area contributed by atoms with Gasteiger partial charge in [-0.1, -0.05) is 12.5 Å². The lowest BCUT2D eigenvalue weighted by molar-refractivity contribution is -0.175. The molecule has 0 amide bonds. The number of ketones is 1. The summed E-state index contributed by atoms with van der Waals surface area (Å²) in [6.45, 7) is 10.2. The number of allylic oxidation sites excluding steroid dienone is 1. The summed E-state index contributed by atoms with van der Waals surface area (Å²) in [7, 11) is -0.605. The monoisotopic (exact) mass is 324 g/mol. The van der Waals surface area contributed by atoms with Gasteiger partial charge < -0.3 is 9.16 Å². The van der Waals surface area contributed by atoms with Gasteiger partial charge in [-0.25, -0.2) is 0 Å². The van der Waals surface area contributed by atoms with E-state index in [1.54, 1.807) is 6.08 Å². The smallest absolute Gasteiger partial charge is 0.315 e. The van der Waals surface area contributed by atoms with E-state index in [0.29, 0.717) is 12.8 Å². The van der Waals surface area contributed by atoms with E-state index in [9.17, 15) is 9.59 Å². The minimum absolute atomic E-state index is 0.0420. The van der Waals surface area contributed by atoms with Crippen LogP contribution in [0.15, 0.2) is 11.6 Å². The van der Waals surface area contributed by atoms with Crippen molar-refractivity contribution in [1.29, 1.82) is 0 Å². The summed E-state index contributed by atoms with van der Waals surface area (Å²) in [4.78, 5) is 25.9. The second-order valence-corrected chi connectivity index (χ2v) is 12.2. The summed E-state index contributed by atoms with van der Waals surface area (Å²) < 4.78 is 11.6. The van der Waals surface area contributed by atoms with Gasteiger partial charge in [0.2, 0.25) is 0 Å². The van der Waals surface area contributed by atoms with Crippen molar-refractivity contribution < 1.29 is 18.8 Å². The van der Waals surface area contributed by atoms with Crippen molar-refractivity contribution in [3.8, 4) is 0 Å². The average molecular weight is 324 g/mol. The van der Waals surface area contributed by atoms with Crippen LogP contribution < -0.4 is 0 Å². The van der Waals surface area contributed by atoms with Gasteiger partial charge >= 0.3 is 5.97 Å². The van der Waals surface area contributed by atoms with Gasteiger partial charge in [0.05, 0.1) is 7.11 Å². The van der Waals surface area contributed by atoms with Gasteiger partial charge in [-0.3, -0.25) is 9.59 Å². The molecule has 1 fully saturated rings. The largest absolute Gasteiger partial charge is 0.468 e. The first-order chi connectivity index (χ1) is 10.1. The molecule has 0 saturated heterocycles. The molecule has 2 aliphatic rings. The molecule has 0 spiro atoms. The Labute approximate surface area is 134 Å². The van der Waals surface area contributed by atoms with Gasteiger partial charge in [-0.2, -0.15) is 0 Å². The Balaban J connectivity index is 2.66. The van der Waals surface area contributed by atoms with Gasteiger partial charge in [0, 0.05) is 0 Å². The number of methoxy groups -OCH3 is 1. The molecule has 0 radical (unpaired) electrons. The van der Waals surface area contributed by atoms with E-state index in [2.05, 4.69) is 26.6 Å². The van der Waals surface area contributed by atoms with E-state index < -0.39 is 19.3 Å². The molecular formula is C17H28O4Si. The van der Waals surface area contributed by atoms with Crippen LogP contribution in [0.3, 0.4) is 0 Å². The van der Waals surface area contributed by atoms with Crippen LogP contribution in [0.5, 0.6) is 0 Å². The number of ether oxygens (including phenoxy) is 1. The Hall–Kier alpha value is -0.943. The molecular weight excluding hydrogens is 296 g/mol. The second kappa shape index (κ2) is 5.60. The van der Waals surface area contributed by atoms with E-state index in [0.717, 1.165) is 18.4 Å². The van der Waals surface area contributed by atoms with Crippen LogP contribution in [0, 0.1) is 11.3 Å². The fourth-order valence-electron chi connectivity index (χ4n) is 4.25. The lowest BCUT2D eigenvalue weighted by atomic mass is 9.66. The average Bonchev–Trinajstić information content (AvgIpc) is 2.63. The Bertz CT molecular complexity index is 519. The Morgan fingerprint density at radius 1 is 1.32 bits per heavy atom. The van der Waals surface area contributed by atoms with Crippen molar-refractivity contribution >= 4 is 20.1 Å². The van der Waals surface area contributed by atoms with Crippen molar-refractivity contribution in [3.63, 3.8) is 0 Å². The van der Waals surface area contributed by atoms with E-state index in [1.807, 2.05) is 6.92 Å². The zero-order valence-corrected chi connectivity index (χ0v) is 15.6. The number of fused-ring (bicyclic) bond motifs is 1. The molecule has 0 heterocycles. The number of esters is 1. The molecule has 4 nitrogen and oxygen atoms in total. The molecule has 0 aromatic rings. The zero-order chi connectivity index (χ0) is 16.8. The zero-order valence-electron chi connectivity index (χ0n) is 14.6. The van der Waals surface area contributed by atoms with Gasteiger partial charge in [-0.05, 0) is 64.2 Å². The molecule has 1 saturated carbocycles. The van der Waals surface area contributed by atoms with Crippen molar-refractivity contribution in [1.82, 2.24) is 0 Å².